The van der Waals surface area contributed by atoms with Crippen LogP contribution in [0.4, 0.5) is 13.2 Å². The van der Waals surface area contributed by atoms with Gasteiger partial charge in [-0.1, -0.05) is 26.0 Å². The van der Waals surface area contributed by atoms with E-state index < -0.39 is 18.2 Å². The number of aliphatic carboxylic acids is 1. The number of rotatable bonds is 6. The summed E-state index contributed by atoms with van der Waals surface area (Å²) in [5.41, 5.74) is 0.674. The number of ether oxygens (including phenoxy) is 1. The first-order valence-corrected chi connectivity index (χ1v) is 6.25. The molecule has 1 aromatic rings. The molecule has 0 radical (unpaired) electrons. The summed E-state index contributed by atoms with van der Waals surface area (Å²) in [6, 6.07) is 5.29. The number of carbonyl (C=O) groups is 1. The summed E-state index contributed by atoms with van der Waals surface area (Å²) >= 11 is 0. The van der Waals surface area contributed by atoms with Crippen LogP contribution in [0.1, 0.15) is 25.8 Å². The topological polar surface area (TPSA) is 46.5 Å². The summed E-state index contributed by atoms with van der Waals surface area (Å²) in [7, 11) is 0. The molecule has 0 spiro atoms. The SMILES string of the molecule is CC(C)CC(Cc1ccc(OC(F)(F)F)cc1)C(=O)O. The lowest BCUT2D eigenvalue weighted by atomic mass is 9.91. The Morgan fingerprint density at radius 3 is 2.20 bits per heavy atom. The molecule has 0 aromatic heterocycles. The van der Waals surface area contributed by atoms with E-state index in [1.807, 2.05) is 13.8 Å². The predicted octanol–water partition coefficient (Wildman–Crippen LogP) is 3.87. The summed E-state index contributed by atoms with van der Waals surface area (Å²) in [6.45, 7) is 3.85. The highest BCUT2D eigenvalue weighted by Gasteiger charge is 2.31. The van der Waals surface area contributed by atoms with Crippen LogP contribution < -0.4 is 4.74 Å². The van der Waals surface area contributed by atoms with Gasteiger partial charge < -0.3 is 9.84 Å². The first-order valence-electron chi connectivity index (χ1n) is 6.25. The van der Waals surface area contributed by atoms with Crippen molar-refractivity contribution in [2.24, 2.45) is 11.8 Å². The molecule has 0 saturated heterocycles. The van der Waals surface area contributed by atoms with Crippen LogP contribution in [0.25, 0.3) is 0 Å². The van der Waals surface area contributed by atoms with E-state index in [0.29, 0.717) is 18.4 Å². The van der Waals surface area contributed by atoms with Crippen LogP contribution in [0.2, 0.25) is 0 Å². The second kappa shape index (κ2) is 6.63. The molecule has 0 bridgehead atoms. The van der Waals surface area contributed by atoms with Gasteiger partial charge in [-0.05, 0) is 36.5 Å². The summed E-state index contributed by atoms with van der Waals surface area (Å²) in [5.74, 6) is -1.50. The second-order valence-electron chi connectivity index (χ2n) is 5.06. The number of hydrogen-bond donors (Lipinski definition) is 1. The second-order valence-corrected chi connectivity index (χ2v) is 5.06. The largest absolute Gasteiger partial charge is 0.573 e. The van der Waals surface area contributed by atoms with Crippen LogP contribution >= 0.6 is 0 Å². The Labute approximate surface area is 115 Å². The minimum absolute atomic E-state index is 0.240. The normalized spacial score (nSPS) is 13.3. The summed E-state index contributed by atoms with van der Waals surface area (Å²) in [5, 5.41) is 9.12. The van der Waals surface area contributed by atoms with Gasteiger partial charge >= 0.3 is 12.3 Å². The number of carboxylic acids is 1. The van der Waals surface area contributed by atoms with Gasteiger partial charge in [-0.25, -0.2) is 0 Å². The first kappa shape index (κ1) is 16.3. The van der Waals surface area contributed by atoms with Crippen molar-refractivity contribution < 1.29 is 27.8 Å². The average molecular weight is 290 g/mol. The van der Waals surface area contributed by atoms with Gasteiger partial charge in [-0.2, -0.15) is 0 Å². The molecule has 0 heterocycles. The van der Waals surface area contributed by atoms with E-state index in [1.54, 1.807) is 0 Å². The smallest absolute Gasteiger partial charge is 0.481 e. The van der Waals surface area contributed by atoms with Crippen molar-refractivity contribution >= 4 is 5.97 Å². The minimum atomic E-state index is -4.72. The van der Waals surface area contributed by atoms with Crippen LogP contribution in [-0.4, -0.2) is 17.4 Å². The van der Waals surface area contributed by atoms with E-state index in [4.69, 9.17) is 5.11 Å². The molecule has 1 unspecified atom stereocenters. The average Bonchev–Trinajstić information content (AvgIpc) is 2.28. The first-order chi connectivity index (χ1) is 9.17. The fourth-order valence-corrected chi connectivity index (χ4v) is 1.95. The molecule has 0 aliphatic heterocycles. The van der Waals surface area contributed by atoms with Crippen molar-refractivity contribution in [3.63, 3.8) is 0 Å². The maximum absolute atomic E-state index is 12.0. The molecule has 0 aliphatic rings. The Morgan fingerprint density at radius 2 is 1.80 bits per heavy atom. The standard InChI is InChI=1S/C14H17F3O3/c1-9(2)7-11(13(18)19)8-10-3-5-12(6-4-10)20-14(15,16)17/h3-6,9,11H,7-8H2,1-2H3,(H,18,19). The zero-order chi connectivity index (χ0) is 15.3. The Morgan fingerprint density at radius 1 is 1.25 bits per heavy atom. The van der Waals surface area contributed by atoms with Gasteiger partial charge in [-0.15, -0.1) is 13.2 Å². The fraction of sp³-hybridized carbons (Fsp3) is 0.500. The Bertz CT molecular complexity index is 438. The zero-order valence-corrected chi connectivity index (χ0v) is 11.3. The molecule has 0 aliphatic carbocycles. The van der Waals surface area contributed by atoms with Crippen molar-refractivity contribution in [1.82, 2.24) is 0 Å². The molecule has 112 valence electrons. The molecule has 1 N–H and O–H groups in total. The molecule has 0 fully saturated rings. The zero-order valence-electron chi connectivity index (χ0n) is 11.3. The van der Waals surface area contributed by atoms with Crippen LogP contribution in [0.5, 0.6) is 5.75 Å². The lowest BCUT2D eigenvalue weighted by Crippen LogP contribution is -2.19. The third kappa shape index (κ3) is 5.95. The Hall–Kier alpha value is -1.72. The minimum Gasteiger partial charge on any atom is -0.481 e. The number of carboxylic acid groups (broad SMARTS) is 1. The van der Waals surface area contributed by atoms with Crippen LogP contribution in [-0.2, 0) is 11.2 Å². The highest BCUT2D eigenvalue weighted by atomic mass is 19.4. The van der Waals surface area contributed by atoms with Crippen molar-refractivity contribution in [2.75, 3.05) is 0 Å². The highest BCUT2D eigenvalue weighted by Crippen LogP contribution is 2.24. The molecule has 1 atom stereocenters. The van der Waals surface area contributed by atoms with Gasteiger partial charge in [0.1, 0.15) is 5.75 Å². The maximum atomic E-state index is 12.0. The van der Waals surface area contributed by atoms with Gasteiger partial charge in [0.15, 0.2) is 0 Å². The molecule has 1 rings (SSSR count). The van der Waals surface area contributed by atoms with E-state index in [0.717, 1.165) is 0 Å². The van der Waals surface area contributed by atoms with E-state index in [2.05, 4.69) is 4.74 Å². The Kier molecular flexibility index (Phi) is 5.42. The van der Waals surface area contributed by atoms with Gasteiger partial charge in [-0.3, -0.25) is 4.79 Å². The summed E-state index contributed by atoms with van der Waals surface area (Å²) in [6.07, 6.45) is -3.90. The number of benzene rings is 1. The van der Waals surface area contributed by atoms with Gasteiger partial charge in [0, 0.05) is 0 Å². The van der Waals surface area contributed by atoms with Crippen LogP contribution in [0.3, 0.4) is 0 Å². The van der Waals surface area contributed by atoms with Crippen molar-refractivity contribution in [3.05, 3.63) is 29.8 Å². The van der Waals surface area contributed by atoms with Crippen LogP contribution in [0, 0.1) is 11.8 Å². The quantitative estimate of drug-likeness (QED) is 0.865. The van der Waals surface area contributed by atoms with E-state index in [-0.39, 0.29) is 11.7 Å². The number of alkyl halides is 3. The monoisotopic (exact) mass is 290 g/mol. The fourth-order valence-electron chi connectivity index (χ4n) is 1.95. The molecule has 0 saturated carbocycles. The molecular weight excluding hydrogens is 273 g/mol. The van der Waals surface area contributed by atoms with Crippen molar-refractivity contribution in [2.45, 2.75) is 33.1 Å². The molecule has 1 aromatic carbocycles. The summed E-state index contributed by atoms with van der Waals surface area (Å²) < 4.78 is 39.8. The summed E-state index contributed by atoms with van der Waals surface area (Å²) in [4.78, 5) is 11.1. The molecule has 0 amide bonds. The van der Waals surface area contributed by atoms with E-state index in [9.17, 15) is 18.0 Å². The molecule has 6 heteroatoms. The maximum Gasteiger partial charge on any atom is 0.573 e. The highest BCUT2D eigenvalue weighted by molar-refractivity contribution is 5.70. The lowest BCUT2D eigenvalue weighted by molar-refractivity contribution is -0.274. The number of halogens is 3. The Balaban J connectivity index is 2.70. The van der Waals surface area contributed by atoms with Gasteiger partial charge in [0.2, 0.25) is 0 Å². The third-order valence-corrected chi connectivity index (χ3v) is 2.74. The molecular formula is C14H17F3O3. The molecule has 20 heavy (non-hydrogen) atoms. The van der Waals surface area contributed by atoms with E-state index >= 15 is 0 Å². The van der Waals surface area contributed by atoms with E-state index in [1.165, 1.54) is 24.3 Å². The van der Waals surface area contributed by atoms with Crippen molar-refractivity contribution in [1.29, 1.82) is 0 Å². The van der Waals surface area contributed by atoms with Crippen molar-refractivity contribution in [3.8, 4) is 5.75 Å². The van der Waals surface area contributed by atoms with Crippen LogP contribution in [0.15, 0.2) is 24.3 Å². The molecule has 3 nitrogen and oxygen atoms in total. The number of hydrogen-bond acceptors (Lipinski definition) is 2. The van der Waals surface area contributed by atoms with Gasteiger partial charge in [0.05, 0.1) is 5.92 Å². The lowest BCUT2D eigenvalue weighted by Gasteiger charge is -2.15. The van der Waals surface area contributed by atoms with Gasteiger partial charge in [0.25, 0.3) is 0 Å². The third-order valence-electron chi connectivity index (χ3n) is 2.74. The predicted molar refractivity (Wildman–Crippen MR) is 67.4 cm³/mol.